The molecule has 3 fully saturated rings. The number of fused-ring (bicyclic) bond motifs is 3. The van der Waals surface area contributed by atoms with Crippen molar-refractivity contribution in [3.8, 4) is 0 Å². The molecule has 4 heterocycles. The number of hydrogen-bond acceptors (Lipinski definition) is 4. The molecule has 0 saturated carbocycles. The van der Waals surface area contributed by atoms with Gasteiger partial charge < -0.3 is 14.7 Å². The average molecular weight is 249 g/mol. The van der Waals surface area contributed by atoms with Crippen molar-refractivity contribution in [1.29, 1.82) is 0 Å². The van der Waals surface area contributed by atoms with Crippen LogP contribution in [0.4, 0.5) is 0 Å². The van der Waals surface area contributed by atoms with E-state index in [2.05, 4.69) is 28.4 Å². The van der Waals surface area contributed by atoms with Crippen molar-refractivity contribution in [3.05, 3.63) is 17.5 Å². The second-order valence-corrected chi connectivity index (χ2v) is 5.66. The fraction of sp³-hybridized carbons (Fsp3) is 0.786. The lowest BCUT2D eigenvalue weighted by Crippen LogP contribution is -2.55. The Hall–Kier alpha value is -0.870. The van der Waals surface area contributed by atoms with Crippen molar-refractivity contribution in [3.63, 3.8) is 0 Å². The van der Waals surface area contributed by atoms with Crippen LogP contribution < -0.4 is 5.32 Å². The van der Waals surface area contributed by atoms with Gasteiger partial charge in [-0.15, -0.1) is 0 Å². The fourth-order valence-electron chi connectivity index (χ4n) is 3.24. The highest BCUT2D eigenvalue weighted by Crippen LogP contribution is 2.27. The summed E-state index contributed by atoms with van der Waals surface area (Å²) in [6.07, 6.45) is 4.85. The second-order valence-electron chi connectivity index (χ2n) is 5.66. The van der Waals surface area contributed by atoms with Gasteiger partial charge in [0.1, 0.15) is 0 Å². The predicted octanol–water partition coefficient (Wildman–Crippen LogP) is 1.81. The van der Waals surface area contributed by atoms with E-state index in [-0.39, 0.29) is 0 Å². The van der Waals surface area contributed by atoms with Gasteiger partial charge >= 0.3 is 0 Å². The Morgan fingerprint density at radius 2 is 2.28 bits per heavy atom. The van der Waals surface area contributed by atoms with Crippen molar-refractivity contribution in [1.82, 2.24) is 15.4 Å². The summed E-state index contributed by atoms with van der Waals surface area (Å²) in [5.41, 5.74) is 1.09. The average Bonchev–Trinajstić information content (AvgIpc) is 2.86. The molecule has 0 aromatic carbocycles. The van der Waals surface area contributed by atoms with E-state index in [1.807, 2.05) is 0 Å². The topological polar surface area (TPSA) is 41.3 Å². The van der Waals surface area contributed by atoms with E-state index >= 15 is 0 Å². The van der Waals surface area contributed by atoms with Gasteiger partial charge in [-0.25, -0.2) is 0 Å². The molecule has 1 aromatic heterocycles. The summed E-state index contributed by atoms with van der Waals surface area (Å²) in [4.78, 5) is 2.57. The number of aryl methyl sites for hydroxylation is 1. The lowest BCUT2D eigenvalue weighted by Gasteiger charge is -2.45. The smallest absolute Gasteiger partial charge is 0.150 e. The highest BCUT2D eigenvalue weighted by molar-refractivity contribution is 5.05. The van der Waals surface area contributed by atoms with E-state index in [9.17, 15) is 0 Å². The van der Waals surface area contributed by atoms with Crippen LogP contribution in [0, 0.1) is 5.92 Å². The predicted molar refractivity (Wildman–Crippen MR) is 70.3 cm³/mol. The van der Waals surface area contributed by atoms with Gasteiger partial charge in [0, 0.05) is 18.7 Å². The summed E-state index contributed by atoms with van der Waals surface area (Å²) < 4.78 is 5.36. The Morgan fingerprint density at radius 1 is 1.44 bits per heavy atom. The Kier molecular flexibility index (Phi) is 3.66. The molecule has 1 N–H and O–H groups in total. The minimum Gasteiger partial charge on any atom is -0.360 e. The Morgan fingerprint density at radius 3 is 2.94 bits per heavy atom. The monoisotopic (exact) mass is 249 g/mol. The molecule has 0 aliphatic carbocycles. The second kappa shape index (κ2) is 5.41. The maximum atomic E-state index is 5.36. The van der Waals surface area contributed by atoms with E-state index < -0.39 is 0 Å². The van der Waals surface area contributed by atoms with Crippen LogP contribution in [0.2, 0.25) is 0 Å². The van der Waals surface area contributed by atoms with Crippen LogP contribution in [0.15, 0.2) is 10.6 Å². The number of piperidine rings is 3. The number of aromatic nitrogens is 1. The molecule has 4 heteroatoms. The fourth-order valence-corrected chi connectivity index (χ4v) is 3.24. The highest BCUT2D eigenvalue weighted by atomic mass is 16.5. The summed E-state index contributed by atoms with van der Waals surface area (Å²) in [5.74, 6) is 1.85. The van der Waals surface area contributed by atoms with Crippen LogP contribution in [-0.4, -0.2) is 35.7 Å². The molecule has 1 atom stereocenters. The number of rotatable bonds is 5. The first-order valence-electron chi connectivity index (χ1n) is 7.25. The first-order chi connectivity index (χ1) is 8.85. The summed E-state index contributed by atoms with van der Waals surface area (Å²) in [6, 6.07) is 2.74. The van der Waals surface area contributed by atoms with Crippen LogP contribution in [0.5, 0.6) is 0 Å². The highest BCUT2D eigenvalue weighted by Gasteiger charge is 2.33. The maximum Gasteiger partial charge on any atom is 0.150 e. The molecule has 3 aliphatic rings. The Labute approximate surface area is 109 Å². The lowest BCUT2D eigenvalue weighted by molar-refractivity contribution is 0.0708. The van der Waals surface area contributed by atoms with Crippen molar-refractivity contribution in [2.45, 2.75) is 45.2 Å². The Bertz CT molecular complexity index is 382. The van der Waals surface area contributed by atoms with Crippen LogP contribution in [-0.2, 0) is 13.0 Å². The first kappa shape index (κ1) is 12.2. The molecule has 0 amide bonds. The molecular formula is C14H23N3O. The molecule has 3 saturated heterocycles. The minimum absolute atomic E-state index is 0.646. The zero-order valence-corrected chi connectivity index (χ0v) is 11.2. The number of nitrogens with zero attached hydrogens (tertiary/aromatic N) is 2. The van der Waals surface area contributed by atoms with Gasteiger partial charge in [-0.2, -0.15) is 0 Å². The molecule has 18 heavy (non-hydrogen) atoms. The van der Waals surface area contributed by atoms with Crippen LogP contribution in [0.25, 0.3) is 0 Å². The minimum atomic E-state index is 0.646. The number of nitrogens with one attached hydrogen (secondary N) is 1. The summed E-state index contributed by atoms with van der Waals surface area (Å²) in [7, 11) is 0. The molecule has 4 nitrogen and oxygen atoms in total. The van der Waals surface area contributed by atoms with E-state index in [0.717, 1.165) is 36.8 Å². The normalized spacial score (nSPS) is 30.8. The molecule has 0 spiro atoms. The van der Waals surface area contributed by atoms with Gasteiger partial charge in [-0.3, -0.25) is 0 Å². The van der Waals surface area contributed by atoms with E-state index in [1.165, 1.54) is 32.5 Å². The van der Waals surface area contributed by atoms with Crippen molar-refractivity contribution in [2.75, 3.05) is 19.6 Å². The first-order valence-corrected chi connectivity index (χ1v) is 7.25. The Balaban J connectivity index is 1.51. The molecule has 100 valence electrons. The molecule has 3 aliphatic heterocycles. The van der Waals surface area contributed by atoms with Gasteiger partial charge in [0.05, 0.1) is 12.2 Å². The molecule has 2 bridgehead atoms. The summed E-state index contributed by atoms with van der Waals surface area (Å²) in [5, 5.41) is 7.74. The van der Waals surface area contributed by atoms with Gasteiger partial charge in [-0.05, 0) is 38.3 Å². The van der Waals surface area contributed by atoms with Crippen LogP contribution in [0.3, 0.4) is 0 Å². The number of hydrogen-bond donors (Lipinski definition) is 1. The van der Waals surface area contributed by atoms with E-state index in [0.29, 0.717) is 6.04 Å². The third-order valence-electron chi connectivity index (χ3n) is 4.31. The standard InChI is InChI=1S/C14H23N3O/c1-2-3-12-8-13(18-16-12)9-15-14-10-17-6-4-11(14)5-7-17/h8,11,14-15H,2-7,9-10H2,1H3/t14-/m1/s1. The molecule has 0 radical (unpaired) electrons. The molecule has 1 aromatic rings. The van der Waals surface area contributed by atoms with Gasteiger partial charge in [0.2, 0.25) is 0 Å². The largest absolute Gasteiger partial charge is 0.360 e. The molecule has 0 unspecified atom stereocenters. The van der Waals surface area contributed by atoms with Crippen LogP contribution in [0.1, 0.15) is 37.6 Å². The van der Waals surface area contributed by atoms with E-state index in [4.69, 9.17) is 4.52 Å². The van der Waals surface area contributed by atoms with Crippen molar-refractivity contribution in [2.24, 2.45) is 5.92 Å². The van der Waals surface area contributed by atoms with E-state index in [1.54, 1.807) is 0 Å². The van der Waals surface area contributed by atoms with Gasteiger partial charge in [0.25, 0.3) is 0 Å². The molecule has 4 rings (SSSR count). The van der Waals surface area contributed by atoms with Gasteiger partial charge in [-0.1, -0.05) is 18.5 Å². The summed E-state index contributed by atoms with van der Waals surface area (Å²) >= 11 is 0. The molecular weight excluding hydrogens is 226 g/mol. The van der Waals surface area contributed by atoms with Crippen molar-refractivity contribution < 1.29 is 4.52 Å². The quantitative estimate of drug-likeness (QED) is 0.864. The third-order valence-corrected chi connectivity index (χ3v) is 4.31. The zero-order valence-electron chi connectivity index (χ0n) is 11.2. The van der Waals surface area contributed by atoms with Crippen LogP contribution >= 0.6 is 0 Å². The maximum absolute atomic E-state index is 5.36. The van der Waals surface area contributed by atoms with Gasteiger partial charge in [0.15, 0.2) is 5.76 Å². The van der Waals surface area contributed by atoms with Crippen molar-refractivity contribution >= 4 is 0 Å². The lowest BCUT2D eigenvalue weighted by atomic mass is 9.84. The zero-order chi connectivity index (χ0) is 12.4. The SMILES string of the molecule is CCCc1cc(CN[C@@H]2CN3CCC2CC3)on1. The summed E-state index contributed by atoms with van der Waals surface area (Å²) in [6.45, 7) is 6.80. The third kappa shape index (κ3) is 2.59.